The number of hydrogen-bond donors (Lipinski definition) is 0. The van der Waals surface area contributed by atoms with E-state index in [2.05, 4.69) is 9.47 Å². The van der Waals surface area contributed by atoms with E-state index in [1.807, 2.05) is 0 Å². The third-order valence-corrected chi connectivity index (χ3v) is 2.71. The highest BCUT2D eigenvalue weighted by Gasteiger charge is 2.30. The molecular weight excluding hydrogens is 239 g/mol. The van der Waals surface area contributed by atoms with Crippen LogP contribution in [0.4, 0.5) is 13.2 Å². The monoisotopic (exact) mass is 255 g/mol. The lowest BCUT2D eigenvalue weighted by Crippen LogP contribution is -2.41. The molecule has 1 rings (SSSR count). The average molecular weight is 255 g/mol. The lowest BCUT2D eigenvalue weighted by atomic mass is 9.98. The zero-order valence-electron chi connectivity index (χ0n) is 9.63. The van der Waals surface area contributed by atoms with Gasteiger partial charge in [0.15, 0.2) is 0 Å². The molecule has 17 heavy (non-hydrogen) atoms. The maximum atomic E-state index is 11.8. The number of hydrogen-bond acceptors (Lipinski definition) is 4. The van der Waals surface area contributed by atoms with E-state index in [9.17, 15) is 18.0 Å². The van der Waals surface area contributed by atoms with Gasteiger partial charge in [-0.25, -0.2) is 0 Å². The van der Waals surface area contributed by atoms with Crippen molar-refractivity contribution in [2.24, 2.45) is 5.92 Å². The van der Waals surface area contributed by atoms with Gasteiger partial charge in [0, 0.05) is 13.1 Å². The Kier molecular flexibility index (Phi) is 5.20. The van der Waals surface area contributed by atoms with Crippen molar-refractivity contribution in [2.45, 2.75) is 19.2 Å². The summed E-state index contributed by atoms with van der Waals surface area (Å²) in [6.45, 7) is 0.896. The Balaban J connectivity index is 2.28. The molecule has 0 saturated carbocycles. The van der Waals surface area contributed by atoms with E-state index < -0.39 is 13.0 Å². The van der Waals surface area contributed by atoms with Crippen LogP contribution in [0.15, 0.2) is 0 Å². The van der Waals surface area contributed by atoms with Crippen LogP contribution in [0.1, 0.15) is 12.8 Å². The quantitative estimate of drug-likeness (QED) is 0.712. The summed E-state index contributed by atoms with van der Waals surface area (Å²) in [5.74, 6) is -0.536. The van der Waals surface area contributed by atoms with Gasteiger partial charge in [-0.15, -0.1) is 13.2 Å². The first-order valence-corrected chi connectivity index (χ1v) is 5.43. The minimum atomic E-state index is -4.59. The molecule has 0 spiro atoms. The second-order valence-electron chi connectivity index (χ2n) is 3.96. The molecule has 1 aliphatic rings. The molecule has 0 unspecified atom stereocenters. The lowest BCUT2D eigenvalue weighted by Gasteiger charge is -2.31. The summed E-state index contributed by atoms with van der Waals surface area (Å²) in [6.07, 6.45) is -3.08. The largest absolute Gasteiger partial charge is 0.522 e. The van der Waals surface area contributed by atoms with E-state index in [1.165, 1.54) is 7.11 Å². The zero-order valence-corrected chi connectivity index (χ0v) is 9.63. The summed E-state index contributed by atoms with van der Waals surface area (Å²) < 4.78 is 43.6. The maximum absolute atomic E-state index is 11.8. The van der Waals surface area contributed by atoms with Gasteiger partial charge in [-0.3, -0.25) is 9.53 Å². The Hall–Kier alpha value is -0.820. The van der Waals surface area contributed by atoms with E-state index in [-0.39, 0.29) is 18.4 Å². The molecule has 0 N–H and O–H groups in total. The molecule has 1 aliphatic heterocycles. The number of carbonyl (C=O) groups excluding carboxylic acids is 1. The highest BCUT2D eigenvalue weighted by atomic mass is 19.4. The number of nitrogens with zero attached hydrogens (tertiary/aromatic N) is 1. The molecule has 0 aromatic carbocycles. The van der Waals surface area contributed by atoms with Crippen LogP contribution in [0, 0.1) is 5.92 Å². The molecule has 0 aromatic heterocycles. The van der Waals surface area contributed by atoms with Crippen molar-refractivity contribution < 1.29 is 27.4 Å². The summed E-state index contributed by atoms with van der Waals surface area (Å²) in [7, 11) is 1.31. The van der Waals surface area contributed by atoms with Gasteiger partial charge in [0.05, 0.1) is 19.6 Å². The molecule has 1 fully saturated rings. The fourth-order valence-electron chi connectivity index (χ4n) is 1.91. The van der Waals surface area contributed by atoms with Crippen LogP contribution in [0.2, 0.25) is 0 Å². The van der Waals surface area contributed by atoms with Crippen molar-refractivity contribution in [3.63, 3.8) is 0 Å². The number of ether oxygens (including phenoxy) is 2. The van der Waals surface area contributed by atoms with Crippen LogP contribution in [0.5, 0.6) is 0 Å². The second-order valence-corrected chi connectivity index (χ2v) is 3.96. The first-order valence-electron chi connectivity index (χ1n) is 5.43. The lowest BCUT2D eigenvalue weighted by molar-refractivity contribution is -0.325. The minimum absolute atomic E-state index is 0.174. The zero-order chi connectivity index (χ0) is 12.9. The van der Waals surface area contributed by atoms with Crippen molar-refractivity contribution in [1.82, 2.24) is 4.90 Å². The molecule has 0 aromatic rings. The Morgan fingerprint density at radius 2 is 2.18 bits per heavy atom. The van der Waals surface area contributed by atoms with Gasteiger partial charge in [0.25, 0.3) is 0 Å². The number of halogens is 3. The van der Waals surface area contributed by atoms with Gasteiger partial charge < -0.3 is 9.64 Å². The number of rotatable bonds is 4. The van der Waals surface area contributed by atoms with Gasteiger partial charge in [-0.2, -0.15) is 0 Å². The van der Waals surface area contributed by atoms with Crippen LogP contribution in [-0.2, 0) is 14.3 Å². The van der Waals surface area contributed by atoms with E-state index in [0.717, 1.165) is 12.8 Å². The molecule has 0 radical (unpaired) electrons. The molecule has 0 amide bonds. The summed E-state index contributed by atoms with van der Waals surface area (Å²) in [6, 6.07) is 0. The first-order chi connectivity index (χ1) is 7.92. The SMILES string of the molecule is COC(=O)[C@H]1CCCN(CCOC(F)(F)F)C1. The Bertz CT molecular complexity index is 258. The number of alkyl halides is 3. The van der Waals surface area contributed by atoms with Crippen molar-refractivity contribution in [3.8, 4) is 0 Å². The number of methoxy groups -OCH3 is 1. The van der Waals surface area contributed by atoms with Crippen molar-refractivity contribution in [1.29, 1.82) is 0 Å². The highest BCUT2D eigenvalue weighted by Crippen LogP contribution is 2.19. The summed E-state index contributed by atoms with van der Waals surface area (Å²) in [5, 5.41) is 0. The van der Waals surface area contributed by atoms with E-state index in [0.29, 0.717) is 13.1 Å². The van der Waals surface area contributed by atoms with Crippen molar-refractivity contribution in [2.75, 3.05) is 33.4 Å². The maximum Gasteiger partial charge on any atom is 0.522 e. The topological polar surface area (TPSA) is 38.8 Å². The van der Waals surface area contributed by atoms with Crippen LogP contribution >= 0.6 is 0 Å². The number of carbonyl (C=O) groups is 1. The number of likely N-dealkylation sites (tertiary alicyclic amines) is 1. The van der Waals surface area contributed by atoms with Gasteiger partial charge in [0.2, 0.25) is 0 Å². The Labute approximate surface area is 97.7 Å². The third kappa shape index (κ3) is 5.36. The smallest absolute Gasteiger partial charge is 0.469 e. The van der Waals surface area contributed by atoms with E-state index in [4.69, 9.17) is 0 Å². The summed E-state index contributed by atoms with van der Waals surface area (Å²) in [4.78, 5) is 13.1. The summed E-state index contributed by atoms with van der Waals surface area (Å²) in [5.41, 5.74) is 0. The van der Waals surface area contributed by atoms with Crippen molar-refractivity contribution >= 4 is 5.97 Å². The van der Waals surface area contributed by atoms with Crippen LogP contribution in [-0.4, -0.2) is 50.6 Å². The molecule has 1 heterocycles. The average Bonchev–Trinajstić information content (AvgIpc) is 2.27. The van der Waals surface area contributed by atoms with Gasteiger partial charge >= 0.3 is 12.3 Å². The van der Waals surface area contributed by atoms with Crippen LogP contribution in [0.3, 0.4) is 0 Å². The number of esters is 1. The molecule has 7 heteroatoms. The highest BCUT2D eigenvalue weighted by molar-refractivity contribution is 5.72. The normalized spacial score (nSPS) is 22.5. The van der Waals surface area contributed by atoms with Gasteiger partial charge in [0.1, 0.15) is 0 Å². The fraction of sp³-hybridized carbons (Fsp3) is 0.900. The minimum Gasteiger partial charge on any atom is -0.469 e. The fourth-order valence-corrected chi connectivity index (χ4v) is 1.91. The Morgan fingerprint density at radius 1 is 1.47 bits per heavy atom. The molecule has 1 saturated heterocycles. The molecule has 1 atom stereocenters. The summed E-state index contributed by atoms with van der Waals surface area (Å²) >= 11 is 0. The van der Waals surface area contributed by atoms with Crippen LogP contribution < -0.4 is 0 Å². The van der Waals surface area contributed by atoms with Gasteiger partial charge in [-0.1, -0.05) is 0 Å². The molecule has 100 valence electrons. The Morgan fingerprint density at radius 3 is 2.76 bits per heavy atom. The molecule has 4 nitrogen and oxygen atoms in total. The number of piperidine rings is 1. The second kappa shape index (κ2) is 6.20. The third-order valence-electron chi connectivity index (χ3n) is 2.71. The molecule has 0 bridgehead atoms. The van der Waals surface area contributed by atoms with Gasteiger partial charge in [-0.05, 0) is 19.4 Å². The van der Waals surface area contributed by atoms with E-state index >= 15 is 0 Å². The predicted molar refractivity (Wildman–Crippen MR) is 53.2 cm³/mol. The predicted octanol–water partition coefficient (Wildman–Crippen LogP) is 1.41. The first kappa shape index (κ1) is 14.2. The molecular formula is C10H16F3NO3. The van der Waals surface area contributed by atoms with E-state index in [1.54, 1.807) is 4.90 Å². The molecule has 0 aliphatic carbocycles. The van der Waals surface area contributed by atoms with Crippen molar-refractivity contribution in [3.05, 3.63) is 0 Å². The standard InChI is InChI=1S/C10H16F3NO3/c1-16-9(15)8-3-2-4-14(7-8)5-6-17-10(11,12)13/h8H,2-7H2,1H3/t8-/m0/s1. The van der Waals surface area contributed by atoms with Crippen LogP contribution in [0.25, 0.3) is 0 Å².